The Morgan fingerprint density at radius 1 is 1.00 bits per heavy atom. The number of fused-ring (bicyclic) bond motifs is 1. The summed E-state index contributed by atoms with van der Waals surface area (Å²) in [7, 11) is 0. The molecule has 0 bridgehead atoms. The van der Waals surface area contributed by atoms with E-state index in [1.807, 2.05) is 80.6 Å². The van der Waals surface area contributed by atoms with Gasteiger partial charge in [0.1, 0.15) is 5.75 Å². The molecule has 0 unspecified atom stereocenters. The van der Waals surface area contributed by atoms with Crippen molar-refractivity contribution >= 4 is 22.4 Å². The molecule has 0 aliphatic rings. The fraction of sp³-hybridized carbons (Fsp3) is 0.190. The highest BCUT2D eigenvalue weighted by Gasteiger charge is 2.19. The van der Waals surface area contributed by atoms with E-state index in [9.17, 15) is 4.79 Å². The molecule has 24 heavy (non-hydrogen) atoms. The van der Waals surface area contributed by atoms with Crippen LogP contribution in [0.1, 0.15) is 18.9 Å². The van der Waals surface area contributed by atoms with Gasteiger partial charge in [0.25, 0.3) is 5.91 Å². The predicted molar refractivity (Wildman–Crippen MR) is 98.5 cm³/mol. The molecule has 1 amide bonds. The van der Waals surface area contributed by atoms with E-state index in [1.54, 1.807) is 0 Å². The van der Waals surface area contributed by atoms with E-state index in [1.165, 1.54) is 0 Å². The average molecular weight is 319 g/mol. The molecule has 3 rings (SSSR count). The topological polar surface area (TPSA) is 38.3 Å². The van der Waals surface area contributed by atoms with Crippen LogP contribution in [0.5, 0.6) is 5.75 Å². The number of carbonyl (C=O) groups is 1. The molecular weight excluding hydrogens is 298 g/mol. The second kappa shape index (κ2) is 7.18. The maximum absolute atomic E-state index is 12.7. The third-order valence-electron chi connectivity index (χ3n) is 4.07. The van der Waals surface area contributed by atoms with Crippen LogP contribution in [-0.2, 0) is 4.79 Å². The van der Waals surface area contributed by atoms with Crippen molar-refractivity contribution in [3.05, 3.63) is 72.3 Å². The first-order chi connectivity index (χ1) is 11.7. The van der Waals surface area contributed by atoms with Gasteiger partial charge in [0.2, 0.25) is 0 Å². The minimum Gasteiger partial charge on any atom is -0.480 e. The van der Waals surface area contributed by atoms with Crippen molar-refractivity contribution in [2.24, 2.45) is 0 Å². The van der Waals surface area contributed by atoms with E-state index in [2.05, 4.69) is 5.32 Å². The van der Waals surface area contributed by atoms with Gasteiger partial charge in [-0.2, -0.15) is 0 Å². The van der Waals surface area contributed by atoms with Crippen LogP contribution in [0.25, 0.3) is 10.8 Å². The molecule has 1 N–H and O–H groups in total. The van der Waals surface area contributed by atoms with Crippen LogP contribution in [0.3, 0.4) is 0 Å². The molecule has 0 saturated heterocycles. The van der Waals surface area contributed by atoms with E-state index in [-0.39, 0.29) is 5.91 Å². The largest absolute Gasteiger partial charge is 0.480 e. The van der Waals surface area contributed by atoms with Crippen LogP contribution in [-0.4, -0.2) is 12.0 Å². The van der Waals surface area contributed by atoms with E-state index in [0.717, 1.165) is 27.8 Å². The first-order valence-electron chi connectivity index (χ1n) is 8.20. The summed E-state index contributed by atoms with van der Waals surface area (Å²) in [5.41, 5.74) is 1.83. The maximum atomic E-state index is 12.7. The van der Waals surface area contributed by atoms with Crippen molar-refractivity contribution in [1.29, 1.82) is 0 Å². The number of hydrogen-bond acceptors (Lipinski definition) is 2. The molecular formula is C21H21NO2. The molecule has 0 spiro atoms. The zero-order valence-electron chi connectivity index (χ0n) is 14.0. The Bertz CT molecular complexity index is 852. The lowest BCUT2D eigenvalue weighted by Crippen LogP contribution is -2.32. The molecule has 0 aliphatic heterocycles. The summed E-state index contributed by atoms with van der Waals surface area (Å²) >= 11 is 0. The Morgan fingerprint density at radius 2 is 1.71 bits per heavy atom. The second-order valence-electron chi connectivity index (χ2n) is 5.80. The first-order valence-corrected chi connectivity index (χ1v) is 8.20. The van der Waals surface area contributed by atoms with E-state index in [0.29, 0.717) is 6.42 Å². The summed E-state index contributed by atoms with van der Waals surface area (Å²) in [6.45, 7) is 3.93. The zero-order valence-corrected chi connectivity index (χ0v) is 14.0. The number of para-hydroxylation sites is 1. The van der Waals surface area contributed by atoms with Crippen molar-refractivity contribution in [2.75, 3.05) is 5.32 Å². The number of carbonyl (C=O) groups excluding carboxylic acids is 1. The molecule has 0 aliphatic carbocycles. The summed E-state index contributed by atoms with van der Waals surface area (Å²) < 4.78 is 5.93. The lowest BCUT2D eigenvalue weighted by molar-refractivity contribution is -0.122. The Morgan fingerprint density at radius 3 is 2.50 bits per heavy atom. The van der Waals surface area contributed by atoms with Gasteiger partial charge in [-0.1, -0.05) is 61.5 Å². The molecule has 0 aromatic heterocycles. The van der Waals surface area contributed by atoms with Crippen molar-refractivity contribution in [3.63, 3.8) is 0 Å². The minimum atomic E-state index is -0.523. The van der Waals surface area contributed by atoms with Crippen molar-refractivity contribution < 1.29 is 9.53 Å². The number of benzene rings is 3. The van der Waals surface area contributed by atoms with Gasteiger partial charge >= 0.3 is 0 Å². The molecule has 0 radical (unpaired) electrons. The quantitative estimate of drug-likeness (QED) is 0.723. The summed E-state index contributed by atoms with van der Waals surface area (Å²) in [6.07, 6.45) is 0.0790. The lowest BCUT2D eigenvalue weighted by Gasteiger charge is -2.19. The lowest BCUT2D eigenvalue weighted by atomic mass is 10.1. The molecule has 3 aromatic carbocycles. The predicted octanol–water partition coefficient (Wildman–Crippen LogP) is 4.94. The Labute approximate surface area is 142 Å². The second-order valence-corrected chi connectivity index (χ2v) is 5.80. The zero-order chi connectivity index (χ0) is 16.9. The average Bonchev–Trinajstić information content (AvgIpc) is 2.61. The SMILES string of the molecule is CC[C@H](Oc1ccccc1C)C(=O)Nc1cccc2ccccc12. The summed E-state index contributed by atoms with van der Waals surface area (Å²) in [5.74, 6) is 0.620. The molecule has 0 fully saturated rings. The number of ether oxygens (including phenoxy) is 1. The highest BCUT2D eigenvalue weighted by Crippen LogP contribution is 2.24. The number of anilines is 1. The third-order valence-corrected chi connectivity index (χ3v) is 4.07. The standard InChI is InChI=1S/C21H21NO2/c1-3-19(24-20-14-7-4-9-15(20)2)21(23)22-18-13-8-11-16-10-5-6-12-17(16)18/h4-14,19H,3H2,1-2H3,(H,22,23)/t19-/m0/s1. The normalized spacial score (nSPS) is 11.9. The van der Waals surface area contributed by atoms with E-state index >= 15 is 0 Å². The van der Waals surface area contributed by atoms with Gasteiger partial charge in [0.15, 0.2) is 6.10 Å². The fourth-order valence-electron chi connectivity index (χ4n) is 2.71. The summed E-state index contributed by atoms with van der Waals surface area (Å²) in [4.78, 5) is 12.7. The van der Waals surface area contributed by atoms with Crippen LogP contribution >= 0.6 is 0 Å². The first kappa shape index (κ1) is 16.1. The van der Waals surface area contributed by atoms with Gasteiger partial charge in [-0.25, -0.2) is 0 Å². The van der Waals surface area contributed by atoms with Crippen LogP contribution in [0.4, 0.5) is 5.69 Å². The highest BCUT2D eigenvalue weighted by molar-refractivity contribution is 6.03. The number of hydrogen-bond donors (Lipinski definition) is 1. The van der Waals surface area contributed by atoms with Crippen molar-refractivity contribution in [3.8, 4) is 5.75 Å². The van der Waals surface area contributed by atoms with Gasteiger partial charge in [-0.05, 0) is 36.4 Å². The van der Waals surface area contributed by atoms with Gasteiger partial charge in [-0.15, -0.1) is 0 Å². The van der Waals surface area contributed by atoms with Crippen LogP contribution < -0.4 is 10.1 Å². The minimum absolute atomic E-state index is 0.128. The van der Waals surface area contributed by atoms with Gasteiger partial charge in [0, 0.05) is 11.1 Å². The van der Waals surface area contributed by atoms with Crippen LogP contribution in [0, 0.1) is 6.92 Å². The van der Waals surface area contributed by atoms with Gasteiger partial charge in [0.05, 0.1) is 0 Å². The maximum Gasteiger partial charge on any atom is 0.265 e. The Kier molecular flexibility index (Phi) is 4.80. The molecule has 0 heterocycles. The summed E-state index contributed by atoms with van der Waals surface area (Å²) in [5, 5.41) is 5.14. The van der Waals surface area contributed by atoms with Gasteiger partial charge < -0.3 is 10.1 Å². The molecule has 122 valence electrons. The smallest absolute Gasteiger partial charge is 0.265 e. The molecule has 1 atom stereocenters. The number of rotatable bonds is 5. The van der Waals surface area contributed by atoms with Gasteiger partial charge in [-0.3, -0.25) is 4.79 Å². The molecule has 0 saturated carbocycles. The van der Waals surface area contributed by atoms with E-state index < -0.39 is 6.10 Å². The number of amides is 1. The van der Waals surface area contributed by atoms with Crippen molar-refractivity contribution in [2.45, 2.75) is 26.4 Å². The third kappa shape index (κ3) is 3.40. The van der Waals surface area contributed by atoms with Crippen molar-refractivity contribution in [1.82, 2.24) is 0 Å². The number of nitrogens with one attached hydrogen (secondary N) is 1. The molecule has 3 nitrogen and oxygen atoms in total. The van der Waals surface area contributed by atoms with E-state index in [4.69, 9.17) is 4.74 Å². The Balaban J connectivity index is 1.80. The molecule has 3 heteroatoms. The molecule has 3 aromatic rings. The highest BCUT2D eigenvalue weighted by atomic mass is 16.5. The monoisotopic (exact) mass is 319 g/mol. The Hall–Kier alpha value is -2.81. The fourth-order valence-corrected chi connectivity index (χ4v) is 2.71. The van der Waals surface area contributed by atoms with Crippen LogP contribution in [0.15, 0.2) is 66.7 Å². The van der Waals surface area contributed by atoms with Crippen LogP contribution in [0.2, 0.25) is 0 Å². The number of aryl methyl sites for hydroxylation is 1. The summed E-state index contributed by atoms with van der Waals surface area (Å²) in [6, 6.07) is 21.6.